The molecule has 0 saturated carbocycles. The predicted octanol–water partition coefficient (Wildman–Crippen LogP) is 0.146. The zero-order valence-electron chi connectivity index (χ0n) is 16.0. The molecule has 3 aromatic rings. The van der Waals surface area contributed by atoms with E-state index < -0.39 is 5.91 Å². The molecular weight excluding hydrogens is 374 g/mol. The maximum Gasteiger partial charge on any atom is 0.259 e. The van der Waals surface area contributed by atoms with Crippen molar-refractivity contribution in [3.05, 3.63) is 52.7 Å². The number of anilines is 1. The van der Waals surface area contributed by atoms with E-state index >= 15 is 0 Å². The Hall–Kier alpha value is -3.53. The Morgan fingerprint density at radius 3 is 2.76 bits per heavy atom. The van der Waals surface area contributed by atoms with Crippen molar-refractivity contribution < 1.29 is 9.59 Å². The van der Waals surface area contributed by atoms with Crippen LogP contribution >= 0.6 is 0 Å². The third-order valence-corrected chi connectivity index (χ3v) is 4.95. The summed E-state index contributed by atoms with van der Waals surface area (Å²) in [5, 5.41) is 7.15. The lowest BCUT2D eigenvalue weighted by Gasteiger charge is -2.32. The fourth-order valence-corrected chi connectivity index (χ4v) is 3.30. The number of H-pyrrole nitrogens is 1. The Labute approximate surface area is 166 Å². The van der Waals surface area contributed by atoms with Crippen LogP contribution in [0.25, 0.3) is 10.9 Å². The first-order chi connectivity index (χ1) is 14.0. The minimum Gasteiger partial charge on any atom is -0.339 e. The van der Waals surface area contributed by atoms with Crippen LogP contribution in [0.3, 0.4) is 0 Å². The SMILES string of the molecule is CN1CCN(C(=O)Cn2ccc(NC(=O)c3cccc4nc[nH]c(=O)c34)n2)CC1. The van der Waals surface area contributed by atoms with Gasteiger partial charge in [0.1, 0.15) is 6.54 Å². The fourth-order valence-electron chi connectivity index (χ4n) is 3.30. The molecule has 1 saturated heterocycles. The lowest BCUT2D eigenvalue weighted by atomic mass is 10.1. The van der Waals surface area contributed by atoms with Gasteiger partial charge in [0.05, 0.1) is 22.8 Å². The molecule has 1 aliphatic heterocycles. The van der Waals surface area contributed by atoms with Gasteiger partial charge in [0, 0.05) is 38.4 Å². The van der Waals surface area contributed by atoms with Gasteiger partial charge in [-0.25, -0.2) is 4.98 Å². The highest BCUT2D eigenvalue weighted by Gasteiger charge is 2.20. The molecule has 2 N–H and O–H groups in total. The molecule has 3 heterocycles. The van der Waals surface area contributed by atoms with E-state index in [-0.39, 0.29) is 29.0 Å². The number of nitrogens with zero attached hydrogens (tertiary/aromatic N) is 5. The largest absolute Gasteiger partial charge is 0.339 e. The zero-order chi connectivity index (χ0) is 20.4. The normalized spacial score (nSPS) is 14.9. The van der Waals surface area contributed by atoms with E-state index in [0.717, 1.165) is 13.1 Å². The highest BCUT2D eigenvalue weighted by atomic mass is 16.2. The maximum absolute atomic E-state index is 12.7. The topological polar surface area (TPSA) is 116 Å². The number of piperazine rings is 1. The average Bonchev–Trinajstić information content (AvgIpc) is 3.15. The van der Waals surface area contributed by atoms with Crippen LogP contribution in [0.4, 0.5) is 5.82 Å². The van der Waals surface area contributed by atoms with Crippen LogP contribution in [0.15, 0.2) is 41.6 Å². The molecule has 0 spiro atoms. The quantitative estimate of drug-likeness (QED) is 0.649. The summed E-state index contributed by atoms with van der Waals surface area (Å²) >= 11 is 0. The zero-order valence-corrected chi connectivity index (χ0v) is 16.0. The van der Waals surface area contributed by atoms with E-state index in [0.29, 0.717) is 24.4 Å². The highest BCUT2D eigenvalue weighted by Crippen LogP contribution is 2.14. The molecule has 1 aromatic carbocycles. The first kappa shape index (κ1) is 18.8. The van der Waals surface area contributed by atoms with Gasteiger partial charge in [-0.05, 0) is 19.2 Å². The Morgan fingerprint density at radius 1 is 1.17 bits per heavy atom. The van der Waals surface area contributed by atoms with Crippen molar-refractivity contribution in [3.63, 3.8) is 0 Å². The summed E-state index contributed by atoms with van der Waals surface area (Å²) in [5.74, 6) is -0.172. The van der Waals surface area contributed by atoms with E-state index in [1.165, 1.54) is 11.0 Å². The molecule has 1 aliphatic rings. The lowest BCUT2D eigenvalue weighted by Crippen LogP contribution is -2.48. The van der Waals surface area contributed by atoms with Crippen LogP contribution in [-0.2, 0) is 11.3 Å². The van der Waals surface area contributed by atoms with E-state index in [9.17, 15) is 14.4 Å². The molecule has 0 unspecified atom stereocenters. The van der Waals surface area contributed by atoms with Gasteiger partial charge in [0.15, 0.2) is 5.82 Å². The maximum atomic E-state index is 12.7. The van der Waals surface area contributed by atoms with E-state index in [1.54, 1.807) is 30.5 Å². The van der Waals surface area contributed by atoms with Gasteiger partial charge in [0.25, 0.3) is 11.5 Å². The smallest absolute Gasteiger partial charge is 0.259 e. The Morgan fingerprint density at radius 2 is 1.97 bits per heavy atom. The second kappa shape index (κ2) is 7.84. The molecule has 10 nitrogen and oxygen atoms in total. The van der Waals surface area contributed by atoms with Crippen LogP contribution in [0.2, 0.25) is 0 Å². The number of hydrogen-bond acceptors (Lipinski definition) is 6. The van der Waals surface area contributed by atoms with Crippen molar-refractivity contribution in [3.8, 4) is 0 Å². The van der Waals surface area contributed by atoms with Crippen molar-refractivity contribution in [1.29, 1.82) is 0 Å². The van der Waals surface area contributed by atoms with Gasteiger partial charge in [0.2, 0.25) is 5.91 Å². The Kier molecular flexibility index (Phi) is 5.09. The fraction of sp³-hybridized carbons (Fsp3) is 0.316. The van der Waals surface area contributed by atoms with E-state index in [1.807, 2.05) is 11.9 Å². The lowest BCUT2D eigenvalue weighted by molar-refractivity contribution is -0.133. The van der Waals surface area contributed by atoms with Crippen molar-refractivity contribution >= 4 is 28.5 Å². The second-order valence-electron chi connectivity index (χ2n) is 6.97. The highest BCUT2D eigenvalue weighted by molar-refractivity contribution is 6.11. The Bertz CT molecular complexity index is 1110. The van der Waals surface area contributed by atoms with Crippen molar-refractivity contribution in [2.75, 3.05) is 38.5 Å². The summed E-state index contributed by atoms with van der Waals surface area (Å²) in [6.45, 7) is 3.21. The van der Waals surface area contributed by atoms with Crippen LogP contribution in [0.5, 0.6) is 0 Å². The number of benzene rings is 1. The van der Waals surface area contributed by atoms with Crippen LogP contribution in [-0.4, -0.2) is 74.6 Å². The first-order valence-corrected chi connectivity index (χ1v) is 9.29. The average molecular weight is 395 g/mol. The summed E-state index contributed by atoms with van der Waals surface area (Å²) in [6, 6.07) is 6.50. The number of likely N-dealkylation sites (N-methyl/N-ethyl adjacent to an activating group) is 1. The first-order valence-electron chi connectivity index (χ1n) is 9.29. The second-order valence-corrected chi connectivity index (χ2v) is 6.97. The summed E-state index contributed by atoms with van der Waals surface area (Å²) in [6.07, 6.45) is 2.94. The van der Waals surface area contributed by atoms with Gasteiger partial charge in [-0.2, -0.15) is 5.10 Å². The minimum absolute atomic E-state index is 0.00858. The van der Waals surface area contributed by atoms with E-state index in [4.69, 9.17) is 0 Å². The minimum atomic E-state index is -0.468. The van der Waals surface area contributed by atoms with Gasteiger partial charge in [-0.3, -0.25) is 19.1 Å². The Balaban J connectivity index is 1.45. The van der Waals surface area contributed by atoms with Gasteiger partial charge < -0.3 is 20.1 Å². The van der Waals surface area contributed by atoms with Crippen molar-refractivity contribution in [2.24, 2.45) is 0 Å². The molecule has 0 atom stereocenters. The molecule has 0 radical (unpaired) electrons. The third-order valence-electron chi connectivity index (χ3n) is 4.95. The number of aromatic amines is 1. The molecule has 10 heteroatoms. The van der Waals surface area contributed by atoms with Crippen molar-refractivity contribution in [1.82, 2.24) is 29.5 Å². The molecule has 4 rings (SSSR count). The standard InChI is InChI=1S/C19H21N7O3/c1-24-7-9-25(10-8-24)16(27)11-26-6-5-15(23-26)22-18(28)13-3-2-4-14-17(13)19(29)21-12-20-14/h2-6,12H,7-11H2,1H3,(H,20,21,29)(H,22,23,28). The molecule has 0 aliphatic carbocycles. The molecular formula is C19H21N7O3. The van der Waals surface area contributed by atoms with Crippen LogP contribution in [0, 0.1) is 0 Å². The summed E-state index contributed by atoms with van der Waals surface area (Å²) < 4.78 is 1.49. The summed E-state index contributed by atoms with van der Waals surface area (Å²) in [5.41, 5.74) is 0.258. The summed E-state index contributed by atoms with van der Waals surface area (Å²) in [4.78, 5) is 47.8. The molecule has 0 bridgehead atoms. The molecule has 1 fully saturated rings. The number of carbonyl (C=O) groups is 2. The monoisotopic (exact) mass is 395 g/mol. The molecule has 2 amide bonds. The molecule has 29 heavy (non-hydrogen) atoms. The number of nitrogens with one attached hydrogen (secondary N) is 2. The predicted molar refractivity (Wildman–Crippen MR) is 107 cm³/mol. The van der Waals surface area contributed by atoms with Crippen LogP contribution in [0.1, 0.15) is 10.4 Å². The van der Waals surface area contributed by atoms with Crippen molar-refractivity contribution in [2.45, 2.75) is 6.54 Å². The summed E-state index contributed by atoms with van der Waals surface area (Å²) in [7, 11) is 2.03. The number of rotatable bonds is 4. The third kappa shape index (κ3) is 4.02. The van der Waals surface area contributed by atoms with Gasteiger partial charge in [-0.1, -0.05) is 6.07 Å². The number of amides is 2. The number of hydrogen-bond donors (Lipinski definition) is 2. The molecule has 150 valence electrons. The van der Waals surface area contributed by atoms with Gasteiger partial charge in [-0.15, -0.1) is 0 Å². The van der Waals surface area contributed by atoms with Gasteiger partial charge >= 0.3 is 0 Å². The van der Waals surface area contributed by atoms with E-state index in [2.05, 4.69) is 25.3 Å². The number of carbonyl (C=O) groups excluding carboxylic acids is 2. The van der Waals surface area contributed by atoms with Crippen LogP contribution < -0.4 is 10.9 Å². The molecule has 2 aromatic heterocycles. The number of aromatic nitrogens is 4. The number of fused-ring (bicyclic) bond motifs is 1.